The highest BCUT2D eigenvalue weighted by Crippen LogP contribution is 2.24. The minimum absolute atomic E-state index is 0.0460. The number of carbonyl (C=O) groups is 4. The molecule has 0 saturated carbocycles. The molecule has 8 heteroatoms. The predicted molar refractivity (Wildman–Crippen MR) is 102 cm³/mol. The Balaban J connectivity index is 1.64. The van der Waals surface area contributed by atoms with E-state index in [-0.39, 0.29) is 23.2 Å². The summed E-state index contributed by atoms with van der Waals surface area (Å²) in [6, 6.07) is 12.2. The van der Waals surface area contributed by atoms with Crippen LogP contribution in [-0.4, -0.2) is 41.7 Å². The Morgan fingerprint density at radius 2 is 1.90 bits per heavy atom. The van der Waals surface area contributed by atoms with E-state index >= 15 is 0 Å². The molecular weight excluding hydrogens is 374 g/mol. The smallest absolute Gasteiger partial charge is 0.338 e. The number of hydrogen-bond donors (Lipinski definition) is 1. The number of esters is 1. The Morgan fingerprint density at radius 3 is 2.62 bits per heavy atom. The van der Waals surface area contributed by atoms with E-state index in [9.17, 15) is 19.2 Å². The molecule has 1 aliphatic heterocycles. The predicted octanol–water partition coefficient (Wildman–Crippen LogP) is 2.14. The summed E-state index contributed by atoms with van der Waals surface area (Å²) in [7, 11) is 0. The van der Waals surface area contributed by atoms with Gasteiger partial charge in [0, 0.05) is 12.2 Å². The fraction of sp³-hybridized carbons (Fsp3) is 0.0952. The molecule has 29 heavy (non-hydrogen) atoms. The zero-order valence-corrected chi connectivity index (χ0v) is 15.2. The summed E-state index contributed by atoms with van der Waals surface area (Å²) in [4.78, 5) is 49.7. The highest BCUT2D eigenvalue weighted by atomic mass is 16.5. The molecule has 3 rings (SSSR count). The lowest BCUT2D eigenvalue weighted by Gasteiger charge is -2.09. The minimum atomic E-state index is -0.809. The van der Waals surface area contributed by atoms with Gasteiger partial charge in [-0.3, -0.25) is 19.3 Å². The fourth-order valence-electron chi connectivity index (χ4n) is 2.79. The van der Waals surface area contributed by atoms with Crippen LogP contribution in [0.1, 0.15) is 36.6 Å². The molecule has 144 valence electrons. The molecule has 1 aliphatic rings. The fourth-order valence-corrected chi connectivity index (χ4v) is 2.79. The van der Waals surface area contributed by atoms with Crippen LogP contribution in [0.3, 0.4) is 0 Å². The standard InChI is InChI=1S/C21H15N3O5/c1-2-8-24-19(26)16-7-6-14(10-17(16)20(24)27)21(28)29-12-18(25)23-15-5-3-4-13(9-15)11-22/h2-7,9-10H,1,8,12H2,(H,23,25). The van der Waals surface area contributed by atoms with Gasteiger partial charge in [-0.2, -0.15) is 5.26 Å². The van der Waals surface area contributed by atoms with Crippen molar-refractivity contribution in [1.29, 1.82) is 5.26 Å². The number of hydrogen-bond acceptors (Lipinski definition) is 6. The van der Waals surface area contributed by atoms with E-state index in [2.05, 4.69) is 11.9 Å². The number of fused-ring (bicyclic) bond motifs is 1. The van der Waals surface area contributed by atoms with E-state index in [0.29, 0.717) is 11.3 Å². The van der Waals surface area contributed by atoms with E-state index in [1.807, 2.05) is 6.07 Å². The van der Waals surface area contributed by atoms with Gasteiger partial charge in [0.1, 0.15) is 0 Å². The second-order valence-corrected chi connectivity index (χ2v) is 6.09. The van der Waals surface area contributed by atoms with Crippen LogP contribution in [0, 0.1) is 11.3 Å². The topological polar surface area (TPSA) is 117 Å². The molecule has 1 N–H and O–H groups in total. The third-order valence-electron chi connectivity index (χ3n) is 4.13. The summed E-state index contributed by atoms with van der Waals surface area (Å²) in [5.41, 5.74) is 1.12. The third-order valence-corrected chi connectivity index (χ3v) is 4.13. The summed E-state index contributed by atoms with van der Waals surface area (Å²) in [5, 5.41) is 11.4. The van der Waals surface area contributed by atoms with Crippen molar-refractivity contribution in [3.8, 4) is 6.07 Å². The van der Waals surface area contributed by atoms with Crippen LogP contribution in [-0.2, 0) is 9.53 Å². The number of carbonyl (C=O) groups excluding carboxylic acids is 4. The first-order valence-electron chi connectivity index (χ1n) is 8.53. The molecule has 0 atom stereocenters. The highest BCUT2D eigenvalue weighted by Gasteiger charge is 2.35. The van der Waals surface area contributed by atoms with E-state index < -0.39 is 30.3 Å². The molecule has 0 bridgehead atoms. The quantitative estimate of drug-likeness (QED) is 0.460. The number of nitrogens with zero attached hydrogens (tertiary/aromatic N) is 2. The van der Waals surface area contributed by atoms with Crippen molar-refractivity contribution in [1.82, 2.24) is 4.90 Å². The first-order chi connectivity index (χ1) is 13.9. The molecule has 0 unspecified atom stereocenters. The zero-order chi connectivity index (χ0) is 21.0. The van der Waals surface area contributed by atoms with Gasteiger partial charge in [0.05, 0.1) is 28.3 Å². The molecule has 0 fully saturated rings. The van der Waals surface area contributed by atoms with Crippen LogP contribution in [0.4, 0.5) is 5.69 Å². The maximum absolute atomic E-state index is 12.3. The average Bonchev–Trinajstić information content (AvgIpc) is 2.97. The maximum Gasteiger partial charge on any atom is 0.338 e. The molecule has 8 nitrogen and oxygen atoms in total. The molecule has 2 aromatic carbocycles. The van der Waals surface area contributed by atoms with Crippen LogP contribution in [0.2, 0.25) is 0 Å². The molecule has 2 aromatic rings. The highest BCUT2D eigenvalue weighted by molar-refractivity contribution is 6.22. The summed E-state index contributed by atoms with van der Waals surface area (Å²) in [5.74, 6) is -2.37. The van der Waals surface area contributed by atoms with Crippen LogP contribution in [0.15, 0.2) is 55.1 Å². The van der Waals surface area contributed by atoms with Gasteiger partial charge < -0.3 is 10.1 Å². The molecule has 0 spiro atoms. The van der Waals surface area contributed by atoms with Crippen LogP contribution in [0.5, 0.6) is 0 Å². The molecule has 3 amide bonds. The minimum Gasteiger partial charge on any atom is -0.452 e. The van der Waals surface area contributed by atoms with Gasteiger partial charge in [-0.25, -0.2) is 4.79 Å². The lowest BCUT2D eigenvalue weighted by atomic mass is 10.1. The van der Waals surface area contributed by atoms with Crippen molar-refractivity contribution < 1.29 is 23.9 Å². The normalized spacial score (nSPS) is 12.2. The SMILES string of the molecule is C=CCN1C(=O)c2ccc(C(=O)OCC(=O)Nc3cccc(C#N)c3)cc2C1=O. The zero-order valence-electron chi connectivity index (χ0n) is 15.2. The molecule has 0 radical (unpaired) electrons. The second-order valence-electron chi connectivity index (χ2n) is 6.09. The van der Waals surface area contributed by atoms with Gasteiger partial charge >= 0.3 is 5.97 Å². The summed E-state index contributed by atoms with van der Waals surface area (Å²) >= 11 is 0. The van der Waals surface area contributed by atoms with Crippen molar-refractivity contribution in [2.24, 2.45) is 0 Å². The lowest BCUT2D eigenvalue weighted by molar-refractivity contribution is -0.119. The Hall–Kier alpha value is -4.25. The number of rotatable bonds is 6. The van der Waals surface area contributed by atoms with E-state index in [4.69, 9.17) is 10.00 Å². The molecule has 0 saturated heterocycles. The largest absolute Gasteiger partial charge is 0.452 e. The summed E-state index contributed by atoms with van der Waals surface area (Å²) in [6.07, 6.45) is 1.43. The summed E-state index contributed by atoms with van der Waals surface area (Å²) < 4.78 is 4.97. The van der Waals surface area contributed by atoms with Crippen LogP contribution in [0.25, 0.3) is 0 Å². The second kappa shape index (κ2) is 8.19. The Morgan fingerprint density at radius 1 is 1.14 bits per heavy atom. The lowest BCUT2D eigenvalue weighted by Crippen LogP contribution is -2.29. The Kier molecular flexibility index (Phi) is 5.51. The molecule has 0 aliphatic carbocycles. The van der Waals surface area contributed by atoms with Gasteiger partial charge in [0.25, 0.3) is 17.7 Å². The number of nitriles is 1. The Bertz CT molecular complexity index is 1080. The van der Waals surface area contributed by atoms with Gasteiger partial charge in [-0.1, -0.05) is 12.1 Å². The Labute approximate surface area is 166 Å². The first kappa shape index (κ1) is 19.5. The number of amides is 3. The van der Waals surface area contributed by atoms with Crippen molar-refractivity contribution in [2.75, 3.05) is 18.5 Å². The number of imide groups is 1. The molecule has 0 aromatic heterocycles. The average molecular weight is 389 g/mol. The maximum atomic E-state index is 12.3. The third kappa shape index (κ3) is 4.04. The molecule has 1 heterocycles. The van der Waals surface area contributed by atoms with Gasteiger partial charge in [0.15, 0.2) is 6.61 Å². The number of anilines is 1. The number of benzene rings is 2. The number of ether oxygens (including phenoxy) is 1. The summed E-state index contributed by atoms with van der Waals surface area (Å²) in [6.45, 7) is 3.02. The van der Waals surface area contributed by atoms with Gasteiger partial charge in [-0.05, 0) is 36.4 Å². The van der Waals surface area contributed by atoms with E-state index in [1.165, 1.54) is 30.3 Å². The van der Waals surface area contributed by atoms with Crippen molar-refractivity contribution in [2.45, 2.75) is 0 Å². The van der Waals surface area contributed by atoms with Crippen LogP contribution < -0.4 is 5.32 Å². The monoisotopic (exact) mass is 389 g/mol. The van der Waals surface area contributed by atoms with Gasteiger partial charge in [0.2, 0.25) is 0 Å². The van der Waals surface area contributed by atoms with Crippen molar-refractivity contribution >= 4 is 29.4 Å². The molecular formula is C21H15N3O5. The van der Waals surface area contributed by atoms with Crippen LogP contribution >= 0.6 is 0 Å². The van der Waals surface area contributed by atoms with Crippen molar-refractivity contribution in [3.05, 3.63) is 77.4 Å². The number of nitrogens with one attached hydrogen (secondary N) is 1. The van der Waals surface area contributed by atoms with E-state index in [0.717, 1.165) is 4.90 Å². The van der Waals surface area contributed by atoms with Gasteiger partial charge in [-0.15, -0.1) is 6.58 Å². The van der Waals surface area contributed by atoms with E-state index in [1.54, 1.807) is 18.2 Å². The first-order valence-corrected chi connectivity index (χ1v) is 8.53. The van der Waals surface area contributed by atoms with Crippen molar-refractivity contribution in [3.63, 3.8) is 0 Å².